The molecule has 0 heterocycles. The molecule has 0 amide bonds. The van der Waals surface area contributed by atoms with E-state index in [0.29, 0.717) is 12.6 Å². The van der Waals surface area contributed by atoms with E-state index >= 15 is 0 Å². The molecule has 0 spiro atoms. The van der Waals surface area contributed by atoms with Crippen molar-refractivity contribution < 1.29 is 17.6 Å². The molecular weight excluding hydrogens is 260 g/mol. The predicted octanol–water partition coefficient (Wildman–Crippen LogP) is 3.65. The highest BCUT2D eigenvalue weighted by Crippen LogP contribution is 2.32. The molecule has 1 rings (SSSR count). The van der Waals surface area contributed by atoms with E-state index in [0.717, 1.165) is 6.07 Å². The van der Waals surface area contributed by atoms with Gasteiger partial charge in [-0.15, -0.1) is 0 Å². The second kappa shape index (κ2) is 6.02. The first-order valence-corrected chi connectivity index (χ1v) is 5.75. The van der Waals surface area contributed by atoms with Crippen molar-refractivity contribution in [3.05, 3.63) is 35.1 Å². The lowest BCUT2D eigenvalue weighted by Crippen LogP contribution is -2.24. The molecule has 6 heteroatoms. The Balaban J connectivity index is 3.03. The van der Waals surface area contributed by atoms with Crippen molar-refractivity contribution in [3.63, 3.8) is 0 Å². The van der Waals surface area contributed by atoms with Gasteiger partial charge in [0.2, 0.25) is 0 Å². The standard InChI is InChI=1S/C13H14F4N2/c1-8(2)7-19-12(6-18)9-3-4-11(14)10(5-9)13(15,16)17/h3-5,8,12,19H,7H2,1-2H3. The zero-order chi connectivity index (χ0) is 14.6. The molecule has 0 aliphatic rings. The predicted molar refractivity (Wildman–Crippen MR) is 62.6 cm³/mol. The van der Waals surface area contributed by atoms with Crippen LogP contribution < -0.4 is 5.32 Å². The lowest BCUT2D eigenvalue weighted by atomic mass is 10.0. The largest absolute Gasteiger partial charge is 0.419 e. The Morgan fingerprint density at radius 2 is 1.95 bits per heavy atom. The summed E-state index contributed by atoms with van der Waals surface area (Å²) in [5.74, 6) is -1.09. The lowest BCUT2D eigenvalue weighted by Gasteiger charge is -2.16. The fraction of sp³-hybridized carbons (Fsp3) is 0.462. The minimum Gasteiger partial charge on any atom is -0.298 e. The Morgan fingerprint density at radius 3 is 2.42 bits per heavy atom. The smallest absolute Gasteiger partial charge is 0.298 e. The zero-order valence-corrected chi connectivity index (χ0v) is 10.6. The van der Waals surface area contributed by atoms with Crippen molar-refractivity contribution >= 4 is 0 Å². The van der Waals surface area contributed by atoms with Gasteiger partial charge in [-0.2, -0.15) is 18.4 Å². The van der Waals surface area contributed by atoms with Crippen molar-refractivity contribution in [1.82, 2.24) is 5.32 Å². The molecular formula is C13H14F4N2. The number of rotatable bonds is 4. The van der Waals surface area contributed by atoms with Gasteiger partial charge in [0.05, 0.1) is 11.6 Å². The summed E-state index contributed by atoms with van der Waals surface area (Å²) < 4.78 is 50.8. The average molecular weight is 274 g/mol. The van der Waals surface area contributed by atoms with E-state index < -0.39 is 23.6 Å². The Bertz CT molecular complexity index is 475. The third-order valence-corrected chi connectivity index (χ3v) is 2.49. The van der Waals surface area contributed by atoms with Crippen LogP contribution in [-0.2, 0) is 6.18 Å². The third kappa shape index (κ3) is 4.21. The summed E-state index contributed by atoms with van der Waals surface area (Å²) in [6.45, 7) is 4.30. The highest BCUT2D eigenvalue weighted by Gasteiger charge is 2.34. The van der Waals surface area contributed by atoms with E-state index in [1.165, 1.54) is 6.07 Å². The number of hydrogen-bond donors (Lipinski definition) is 1. The fourth-order valence-electron chi connectivity index (χ4n) is 1.53. The van der Waals surface area contributed by atoms with Crippen LogP contribution in [0.5, 0.6) is 0 Å². The second-order valence-electron chi connectivity index (χ2n) is 4.60. The van der Waals surface area contributed by atoms with Crippen LogP contribution in [0.4, 0.5) is 17.6 Å². The van der Waals surface area contributed by atoms with E-state index in [1.54, 1.807) is 0 Å². The van der Waals surface area contributed by atoms with Crippen LogP contribution in [0.2, 0.25) is 0 Å². The maximum Gasteiger partial charge on any atom is 0.419 e. The summed E-state index contributed by atoms with van der Waals surface area (Å²) in [5, 5.41) is 11.8. The molecule has 2 nitrogen and oxygen atoms in total. The third-order valence-electron chi connectivity index (χ3n) is 2.49. The summed E-state index contributed by atoms with van der Waals surface area (Å²) in [5.41, 5.74) is -1.24. The summed E-state index contributed by atoms with van der Waals surface area (Å²) in [4.78, 5) is 0. The second-order valence-corrected chi connectivity index (χ2v) is 4.60. The van der Waals surface area contributed by atoms with Gasteiger partial charge >= 0.3 is 6.18 Å². The molecule has 0 aliphatic heterocycles. The molecule has 1 aromatic rings. The van der Waals surface area contributed by atoms with Crippen LogP contribution in [0.1, 0.15) is 31.0 Å². The molecule has 1 aromatic carbocycles. The van der Waals surface area contributed by atoms with Crippen molar-refractivity contribution in [1.29, 1.82) is 5.26 Å². The van der Waals surface area contributed by atoms with Crippen LogP contribution in [-0.4, -0.2) is 6.54 Å². The minimum atomic E-state index is -4.77. The van der Waals surface area contributed by atoms with Crippen LogP contribution in [0.15, 0.2) is 18.2 Å². The SMILES string of the molecule is CC(C)CNC(C#N)c1ccc(F)c(C(F)(F)F)c1. The Labute approximate surface area is 109 Å². The minimum absolute atomic E-state index is 0.108. The highest BCUT2D eigenvalue weighted by atomic mass is 19.4. The van der Waals surface area contributed by atoms with E-state index in [-0.39, 0.29) is 11.5 Å². The molecule has 0 saturated heterocycles. The van der Waals surface area contributed by atoms with Gasteiger partial charge in [-0.1, -0.05) is 19.9 Å². The van der Waals surface area contributed by atoms with Crippen LogP contribution in [0.3, 0.4) is 0 Å². The number of nitrogens with zero attached hydrogens (tertiary/aromatic N) is 1. The van der Waals surface area contributed by atoms with E-state index in [2.05, 4.69) is 5.32 Å². The summed E-state index contributed by atoms with van der Waals surface area (Å²) in [7, 11) is 0. The molecule has 19 heavy (non-hydrogen) atoms. The number of halogens is 4. The number of nitrogens with one attached hydrogen (secondary N) is 1. The maximum atomic E-state index is 13.1. The first-order chi connectivity index (χ1) is 8.75. The molecule has 0 fully saturated rings. The molecule has 0 aliphatic carbocycles. The lowest BCUT2D eigenvalue weighted by molar-refractivity contribution is -0.140. The number of benzene rings is 1. The van der Waals surface area contributed by atoms with Gasteiger partial charge in [0.15, 0.2) is 0 Å². The van der Waals surface area contributed by atoms with Gasteiger partial charge in [0, 0.05) is 0 Å². The van der Waals surface area contributed by atoms with Crippen LogP contribution in [0, 0.1) is 23.1 Å². The quantitative estimate of drug-likeness (QED) is 0.851. The number of nitriles is 1. The summed E-state index contributed by atoms with van der Waals surface area (Å²) >= 11 is 0. The van der Waals surface area contributed by atoms with Crippen molar-refractivity contribution in [3.8, 4) is 6.07 Å². The number of alkyl halides is 3. The van der Waals surface area contributed by atoms with E-state index in [1.807, 2.05) is 19.9 Å². The van der Waals surface area contributed by atoms with Crippen molar-refractivity contribution in [2.45, 2.75) is 26.1 Å². The van der Waals surface area contributed by atoms with E-state index in [4.69, 9.17) is 5.26 Å². The monoisotopic (exact) mass is 274 g/mol. The average Bonchev–Trinajstić information content (AvgIpc) is 2.29. The molecule has 1 atom stereocenters. The number of hydrogen-bond acceptors (Lipinski definition) is 2. The van der Waals surface area contributed by atoms with Gasteiger partial charge in [-0.25, -0.2) is 4.39 Å². The van der Waals surface area contributed by atoms with Gasteiger partial charge in [0.1, 0.15) is 11.9 Å². The van der Waals surface area contributed by atoms with Crippen LogP contribution in [0.25, 0.3) is 0 Å². The molecule has 0 saturated carbocycles. The Morgan fingerprint density at radius 1 is 1.32 bits per heavy atom. The van der Waals surface area contributed by atoms with Gasteiger partial charge in [0.25, 0.3) is 0 Å². The Hall–Kier alpha value is -1.61. The van der Waals surface area contributed by atoms with E-state index in [9.17, 15) is 17.6 Å². The summed E-state index contributed by atoms with van der Waals surface area (Å²) in [6.07, 6.45) is -4.77. The van der Waals surface area contributed by atoms with Crippen molar-refractivity contribution in [2.75, 3.05) is 6.54 Å². The normalized spacial score (nSPS) is 13.4. The van der Waals surface area contributed by atoms with Crippen LogP contribution >= 0.6 is 0 Å². The topological polar surface area (TPSA) is 35.8 Å². The molecule has 1 unspecified atom stereocenters. The fourth-order valence-corrected chi connectivity index (χ4v) is 1.53. The summed E-state index contributed by atoms with van der Waals surface area (Å²) in [6, 6.07) is 3.58. The molecule has 0 bridgehead atoms. The Kier molecular flexibility index (Phi) is 4.90. The molecule has 0 aromatic heterocycles. The van der Waals surface area contributed by atoms with Gasteiger partial charge < -0.3 is 0 Å². The molecule has 1 N–H and O–H groups in total. The molecule has 0 radical (unpaired) electrons. The van der Waals surface area contributed by atoms with Gasteiger partial charge in [-0.05, 0) is 30.2 Å². The first-order valence-electron chi connectivity index (χ1n) is 5.75. The maximum absolute atomic E-state index is 13.1. The molecule has 104 valence electrons. The highest BCUT2D eigenvalue weighted by molar-refractivity contribution is 5.32. The zero-order valence-electron chi connectivity index (χ0n) is 10.6. The van der Waals surface area contributed by atoms with Crippen molar-refractivity contribution in [2.24, 2.45) is 5.92 Å². The van der Waals surface area contributed by atoms with Gasteiger partial charge in [-0.3, -0.25) is 5.32 Å². The first kappa shape index (κ1) is 15.4.